The zero-order valence-corrected chi connectivity index (χ0v) is 17.2. The molecule has 146 valence electrons. The van der Waals surface area contributed by atoms with E-state index in [-0.39, 0.29) is 0 Å². The van der Waals surface area contributed by atoms with Gasteiger partial charge in [0.1, 0.15) is 0 Å². The summed E-state index contributed by atoms with van der Waals surface area (Å²) in [6, 6.07) is 0. The maximum atomic E-state index is 5.49. The summed E-state index contributed by atoms with van der Waals surface area (Å²) in [5.41, 5.74) is 1.22. The van der Waals surface area contributed by atoms with Crippen LogP contribution in [0.5, 0.6) is 0 Å². The van der Waals surface area contributed by atoms with E-state index in [1.165, 1.54) is 23.5 Å². The van der Waals surface area contributed by atoms with Crippen molar-refractivity contribution >= 4 is 17.3 Å². The van der Waals surface area contributed by atoms with Crippen molar-refractivity contribution in [2.24, 2.45) is 16.8 Å². The summed E-state index contributed by atoms with van der Waals surface area (Å²) in [7, 11) is 4.01. The number of ether oxygens (including phenoxy) is 1. The van der Waals surface area contributed by atoms with Crippen molar-refractivity contribution in [2.45, 2.75) is 32.7 Å². The third-order valence-corrected chi connectivity index (χ3v) is 6.26. The summed E-state index contributed by atoms with van der Waals surface area (Å²) in [6.07, 6.45) is 3.65. The minimum absolute atomic E-state index is 0.635. The van der Waals surface area contributed by atoms with Crippen molar-refractivity contribution in [3.63, 3.8) is 0 Å². The summed E-state index contributed by atoms with van der Waals surface area (Å²) in [4.78, 5) is 13.8. The number of aliphatic imine (C=N–C) groups is 1. The molecule has 3 heterocycles. The minimum Gasteiger partial charge on any atom is -0.381 e. The summed E-state index contributed by atoms with van der Waals surface area (Å²) >= 11 is 1.75. The molecule has 0 spiro atoms. The lowest BCUT2D eigenvalue weighted by Gasteiger charge is -2.32. The van der Waals surface area contributed by atoms with E-state index in [4.69, 9.17) is 4.74 Å². The number of aryl methyl sites for hydroxylation is 1. The van der Waals surface area contributed by atoms with Gasteiger partial charge < -0.3 is 15.0 Å². The molecule has 1 unspecified atom stereocenters. The molecule has 1 atom stereocenters. The first-order chi connectivity index (χ1) is 12.6. The van der Waals surface area contributed by atoms with Gasteiger partial charge in [-0.1, -0.05) is 0 Å². The lowest BCUT2D eigenvalue weighted by molar-refractivity contribution is 0.175. The number of hydrogen-bond donors (Lipinski definition) is 1. The van der Waals surface area contributed by atoms with Crippen molar-refractivity contribution in [1.29, 1.82) is 0 Å². The smallest absolute Gasteiger partial charge is 0.193 e. The van der Waals surface area contributed by atoms with E-state index in [9.17, 15) is 0 Å². The Balaban J connectivity index is 1.36. The summed E-state index contributed by atoms with van der Waals surface area (Å²) in [5.74, 6) is 2.37. The van der Waals surface area contributed by atoms with Gasteiger partial charge in [0.15, 0.2) is 5.96 Å². The Morgan fingerprint density at radius 1 is 1.38 bits per heavy atom. The number of likely N-dealkylation sites (tertiary alicyclic amines) is 1. The molecule has 26 heavy (non-hydrogen) atoms. The van der Waals surface area contributed by atoms with Crippen LogP contribution < -0.4 is 5.32 Å². The predicted octanol–water partition coefficient (Wildman–Crippen LogP) is 2.21. The monoisotopic (exact) mass is 379 g/mol. The van der Waals surface area contributed by atoms with Gasteiger partial charge in [0.2, 0.25) is 0 Å². The fourth-order valence-electron chi connectivity index (χ4n) is 3.88. The first-order valence-corrected chi connectivity index (χ1v) is 10.6. The summed E-state index contributed by atoms with van der Waals surface area (Å²) < 4.78 is 5.49. The molecule has 1 N–H and O–H groups in total. The van der Waals surface area contributed by atoms with Crippen LogP contribution in [0.1, 0.15) is 30.0 Å². The molecule has 2 saturated heterocycles. The fourth-order valence-corrected chi connectivity index (χ4v) is 4.48. The van der Waals surface area contributed by atoms with Crippen LogP contribution in [0.25, 0.3) is 0 Å². The quantitative estimate of drug-likeness (QED) is 0.607. The number of piperidine rings is 1. The molecule has 1 aromatic heterocycles. The summed E-state index contributed by atoms with van der Waals surface area (Å²) in [6.45, 7) is 9.23. The number of hydrogen-bond acceptors (Lipinski definition) is 5. The molecule has 0 amide bonds. The van der Waals surface area contributed by atoms with E-state index >= 15 is 0 Å². The highest BCUT2D eigenvalue weighted by Crippen LogP contribution is 2.19. The van der Waals surface area contributed by atoms with Crippen LogP contribution in [0, 0.1) is 18.8 Å². The number of guanidine groups is 1. The van der Waals surface area contributed by atoms with Crippen molar-refractivity contribution in [2.75, 3.05) is 53.5 Å². The first-order valence-electron chi connectivity index (χ1n) is 9.77. The molecule has 0 radical (unpaired) electrons. The van der Waals surface area contributed by atoms with Crippen molar-refractivity contribution in [1.82, 2.24) is 20.1 Å². The lowest BCUT2D eigenvalue weighted by Crippen LogP contribution is -2.44. The highest BCUT2D eigenvalue weighted by molar-refractivity contribution is 7.09. The summed E-state index contributed by atoms with van der Waals surface area (Å²) in [5, 5.41) is 6.94. The Labute approximate surface area is 161 Å². The van der Waals surface area contributed by atoms with Crippen LogP contribution in [0.3, 0.4) is 0 Å². The number of thiazole rings is 1. The Bertz CT molecular complexity index is 576. The van der Waals surface area contributed by atoms with Gasteiger partial charge in [0.05, 0.1) is 17.3 Å². The van der Waals surface area contributed by atoms with Crippen LogP contribution >= 0.6 is 11.3 Å². The van der Waals surface area contributed by atoms with E-state index in [1.807, 2.05) is 7.05 Å². The Morgan fingerprint density at radius 3 is 2.81 bits per heavy atom. The molecule has 0 saturated carbocycles. The van der Waals surface area contributed by atoms with E-state index < -0.39 is 0 Å². The van der Waals surface area contributed by atoms with Gasteiger partial charge in [-0.05, 0) is 45.2 Å². The van der Waals surface area contributed by atoms with Crippen molar-refractivity contribution in [3.05, 3.63) is 16.1 Å². The van der Waals surface area contributed by atoms with E-state index in [1.54, 1.807) is 11.3 Å². The van der Waals surface area contributed by atoms with Crippen molar-refractivity contribution < 1.29 is 4.74 Å². The molecule has 6 nitrogen and oxygen atoms in total. The van der Waals surface area contributed by atoms with Gasteiger partial charge in [-0.3, -0.25) is 9.89 Å². The van der Waals surface area contributed by atoms with E-state index in [0.29, 0.717) is 5.92 Å². The number of rotatable bonds is 6. The van der Waals surface area contributed by atoms with Crippen molar-refractivity contribution in [3.8, 4) is 0 Å². The van der Waals surface area contributed by atoms with Crippen LogP contribution in [0.4, 0.5) is 0 Å². The fraction of sp³-hybridized carbons (Fsp3) is 0.789. The van der Waals surface area contributed by atoms with Gasteiger partial charge >= 0.3 is 0 Å². The Morgan fingerprint density at radius 2 is 2.19 bits per heavy atom. The molecule has 0 aliphatic carbocycles. The van der Waals surface area contributed by atoms with E-state index in [2.05, 4.69) is 44.4 Å². The average molecular weight is 380 g/mol. The molecule has 0 bridgehead atoms. The molecular weight excluding hydrogens is 346 g/mol. The Kier molecular flexibility index (Phi) is 7.28. The van der Waals surface area contributed by atoms with Crippen LogP contribution in [0.2, 0.25) is 0 Å². The minimum atomic E-state index is 0.635. The zero-order chi connectivity index (χ0) is 18.4. The van der Waals surface area contributed by atoms with Crippen LogP contribution in [-0.4, -0.2) is 74.2 Å². The van der Waals surface area contributed by atoms with E-state index in [0.717, 1.165) is 64.2 Å². The molecule has 3 rings (SSSR count). The normalized spacial score (nSPS) is 22.7. The largest absolute Gasteiger partial charge is 0.381 e. The second-order valence-corrected chi connectivity index (χ2v) is 8.68. The van der Waals surface area contributed by atoms with Gasteiger partial charge in [-0.15, -0.1) is 11.3 Å². The standard InChI is InChI=1S/C19H33N5OS/c1-15-22-18(14-26-15)12-24-7-4-16(5-8-24)10-21-19(20-2)23(3)11-17-6-9-25-13-17/h14,16-17H,4-13H2,1-3H3,(H,20,21). The molecule has 7 heteroatoms. The SMILES string of the molecule is CN=C(NCC1CCN(Cc2csc(C)n2)CC1)N(C)CC1CCOC1. The van der Waals surface area contributed by atoms with Crippen LogP contribution in [0.15, 0.2) is 10.4 Å². The third-order valence-electron chi connectivity index (χ3n) is 5.44. The number of aromatic nitrogens is 1. The predicted molar refractivity (Wildman–Crippen MR) is 108 cm³/mol. The highest BCUT2D eigenvalue weighted by atomic mass is 32.1. The first kappa shape index (κ1) is 19.6. The molecular formula is C19H33N5OS. The van der Waals surface area contributed by atoms with Crippen LogP contribution in [-0.2, 0) is 11.3 Å². The second kappa shape index (κ2) is 9.67. The molecule has 2 aliphatic rings. The number of nitrogens with zero attached hydrogens (tertiary/aromatic N) is 4. The Hall–Kier alpha value is -1.18. The number of nitrogens with one attached hydrogen (secondary N) is 1. The van der Waals surface area contributed by atoms with Gasteiger partial charge in [0, 0.05) is 51.6 Å². The zero-order valence-electron chi connectivity index (χ0n) is 16.4. The van der Waals surface area contributed by atoms with Gasteiger partial charge in [-0.2, -0.15) is 0 Å². The maximum Gasteiger partial charge on any atom is 0.193 e. The lowest BCUT2D eigenvalue weighted by atomic mass is 9.97. The topological polar surface area (TPSA) is 53.0 Å². The molecule has 2 fully saturated rings. The van der Waals surface area contributed by atoms with Gasteiger partial charge in [0.25, 0.3) is 0 Å². The molecule has 1 aromatic rings. The second-order valence-electron chi connectivity index (χ2n) is 7.62. The molecule has 2 aliphatic heterocycles. The molecule has 0 aromatic carbocycles. The highest BCUT2D eigenvalue weighted by Gasteiger charge is 2.22. The van der Waals surface area contributed by atoms with Gasteiger partial charge in [-0.25, -0.2) is 4.98 Å². The third kappa shape index (κ3) is 5.66. The maximum absolute atomic E-state index is 5.49. The average Bonchev–Trinajstić information content (AvgIpc) is 3.28.